The van der Waals surface area contributed by atoms with E-state index in [-0.39, 0.29) is 18.7 Å². The maximum absolute atomic E-state index is 13.1. The Morgan fingerprint density at radius 2 is 1.93 bits per heavy atom. The van der Waals surface area contributed by atoms with Crippen molar-refractivity contribution in [1.82, 2.24) is 0 Å². The molecule has 1 heterocycles. The molecule has 0 aliphatic carbocycles. The van der Waals surface area contributed by atoms with Gasteiger partial charge in [0.15, 0.2) is 17.1 Å². The Hall–Kier alpha value is -2.86. The van der Waals surface area contributed by atoms with Crippen LogP contribution < -0.4 is 14.4 Å². The first-order valence-electron chi connectivity index (χ1n) is 9.83. The summed E-state index contributed by atoms with van der Waals surface area (Å²) < 4.78 is 11.2. The van der Waals surface area contributed by atoms with Crippen LogP contribution in [0.3, 0.4) is 0 Å². The smallest absolute Gasteiger partial charge is 0.264 e. The SMILES string of the molecule is CCCCOc1ccc(CN2C(=O)C(O)(CC(C)=O)c3ccccc32)cc1OC. The second kappa shape index (κ2) is 8.66. The number of aliphatic hydroxyl groups is 1. The fourth-order valence-electron chi connectivity index (χ4n) is 3.63. The Kier molecular flexibility index (Phi) is 6.23. The lowest BCUT2D eigenvalue weighted by Gasteiger charge is -2.22. The van der Waals surface area contributed by atoms with E-state index in [1.807, 2.05) is 24.3 Å². The van der Waals surface area contributed by atoms with Crippen LogP contribution in [0.15, 0.2) is 42.5 Å². The molecule has 29 heavy (non-hydrogen) atoms. The summed E-state index contributed by atoms with van der Waals surface area (Å²) >= 11 is 0. The van der Waals surface area contributed by atoms with Crippen molar-refractivity contribution in [1.29, 1.82) is 0 Å². The van der Waals surface area contributed by atoms with E-state index in [0.717, 1.165) is 18.4 Å². The van der Waals surface area contributed by atoms with Crippen LogP contribution in [-0.2, 0) is 21.7 Å². The average molecular weight is 397 g/mol. The minimum atomic E-state index is -1.82. The molecule has 3 rings (SSSR count). The molecule has 1 amide bonds. The van der Waals surface area contributed by atoms with Gasteiger partial charge in [-0.3, -0.25) is 9.59 Å². The summed E-state index contributed by atoms with van der Waals surface area (Å²) in [4.78, 5) is 26.3. The van der Waals surface area contributed by atoms with E-state index in [9.17, 15) is 14.7 Å². The molecule has 0 bridgehead atoms. The van der Waals surface area contributed by atoms with Gasteiger partial charge >= 0.3 is 0 Å². The molecule has 6 nitrogen and oxygen atoms in total. The van der Waals surface area contributed by atoms with Gasteiger partial charge < -0.3 is 19.5 Å². The van der Waals surface area contributed by atoms with Gasteiger partial charge in [0.2, 0.25) is 0 Å². The maximum Gasteiger partial charge on any atom is 0.264 e. The number of fused-ring (bicyclic) bond motifs is 1. The van der Waals surface area contributed by atoms with Crippen molar-refractivity contribution in [3.05, 3.63) is 53.6 Å². The Labute approximate surface area is 171 Å². The highest BCUT2D eigenvalue weighted by Crippen LogP contribution is 2.43. The number of hydrogen-bond acceptors (Lipinski definition) is 5. The van der Waals surface area contributed by atoms with Gasteiger partial charge in [-0.25, -0.2) is 0 Å². The van der Waals surface area contributed by atoms with Gasteiger partial charge in [0, 0.05) is 12.0 Å². The van der Waals surface area contributed by atoms with Crippen LogP contribution in [0.1, 0.15) is 44.2 Å². The number of para-hydroxylation sites is 1. The number of ketones is 1. The third-order valence-electron chi connectivity index (χ3n) is 5.07. The standard InChI is InChI=1S/C23H27NO5/c1-4-5-12-29-20-11-10-17(13-21(20)28-3)15-24-19-9-7-6-8-18(19)23(27,22(24)26)14-16(2)25/h6-11,13,27H,4-5,12,14-15H2,1-3H3. The monoisotopic (exact) mass is 397 g/mol. The van der Waals surface area contributed by atoms with Gasteiger partial charge in [-0.15, -0.1) is 0 Å². The number of benzene rings is 2. The lowest BCUT2D eigenvalue weighted by atomic mass is 9.90. The van der Waals surface area contributed by atoms with E-state index < -0.39 is 11.5 Å². The molecule has 0 radical (unpaired) electrons. The average Bonchev–Trinajstić information content (AvgIpc) is 2.90. The van der Waals surface area contributed by atoms with E-state index in [0.29, 0.717) is 29.4 Å². The lowest BCUT2D eigenvalue weighted by Crippen LogP contribution is -2.41. The number of anilines is 1. The predicted molar refractivity (Wildman–Crippen MR) is 110 cm³/mol. The van der Waals surface area contributed by atoms with E-state index in [4.69, 9.17) is 9.47 Å². The van der Waals surface area contributed by atoms with E-state index in [1.54, 1.807) is 25.3 Å². The number of hydrogen-bond donors (Lipinski definition) is 1. The van der Waals surface area contributed by atoms with Gasteiger partial charge in [-0.05, 0) is 37.1 Å². The van der Waals surface area contributed by atoms with Gasteiger partial charge in [0.1, 0.15) is 5.78 Å². The highest BCUT2D eigenvalue weighted by Gasteiger charge is 2.50. The zero-order chi connectivity index (χ0) is 21.0. The van der Waals surface area contributed by atoms with Crippen LogP contribution in [0.5, 0.6) is 11.5 Å². The summed E-state index contributed by atoms with van der Waals surface area (Å²) in [5, 5.41) is 11.0. The molecule has 0 aromatic heterocycles. The van der Waals surface area contributed by atoms with Gasteiger partial charge in [0.25, 0.3) is 5.91 Å². The van der Waals surface area contributed by atoms with Crippen molar-refractivity contribution in [3.8, 4) is 11.5 Å². The number of methoxy groups -OCH3 is 1. The zero-order valence-corrected chi connectivity index (χ0v) is 17.1. The number of carbonyl (C=O) groups excluding carboxylic acids is 2. The van der Waals surface area contributed by atoms with Gasteiger partial charge in [-0.2, -0.15) is 0 Å². The molecular formula is C23H27NO5. The van der Waals surface area contributed by atoms with Crippen molar-refractivity contribution in [2.75, 3.05) is 18.6 Å². The molecule has 1 unspecified atom stereocenters. The summed E-state index contributed by atoms with van der Waals surface area (Å²) in [6.07, 6.45) is 1.76. The van der Waals surface area contributed by atoms with Crippen LogP contribution in [0.2, 0.25) is 0 Å². The molecular weight excluding hydrogens is 370 g/mol. The molecule has 2 aromatic rings. The molecule has 154 valence electrons. The molecule has 1 aliphatic heterocycles. The first-order chi connectivity index (χ1) is 13.9. The van der Waals surface area contributed by atoms with E-state index >= 15 is 0 Å². The highest BCUT2D eigenvalue weighted by molar-refractivity contribution is 6.08. The molecule has 2 aromatic carbocycles. The van der Waals surface area contributed by atoms with E-state index in [2.05, 4.69) is 6.92 Å². The summed E-state index contributed by atoms with van der Waals surface area (Å²) in [5.74, 6) is 0.521. The number of carbonyl (C=O) groups is 2. The topological polar surface area (TPSA) is 76.1 Å². The third-order valence-corrected chi connectivity index (χ3v) is 5.07. The van der Waals surface area contributed by atoms with Crippen LogP contribution >= 0.6 is 0 Å². The number of unbranched alkanes of at least 4 members (excludes halogenated alkanes) is 1. The van der Waals surface area contributed by atoms with Crippen molar-refractivity contribution >= 4 is 17.4 Å². The summed E-state index contributed by atoms with van der Waals surface area (Å²) in [6, 6.07) is 12.6. The predicted octanol–water partition coefficient (Wildman–Crippen LogP) is 3.59. The molecule has 6 heteroatoms. The van der Waals surface area contributed by atoms with Crippen LogP contribution in [0.25, 0.3) is 0 Å². The fraction of sp³-hybridized carbons (Fsp3) is 0.391. The lowest BCUT2D eigenvalue weighted by molar-refractivity contribution is -0.141. The first-order valence-corrected chi connectivity index (χ1v) is 9.83. The number of rotatable bonds is 9. The van der Waals surface area contributed by atoms with Crippen molar-refractivity contribution in [2.24, 2.45) is 0 Å². The quantitative estimate of drug-likeness (QED) is 0.655. The molecule has 1 aliphatic rings. The third kappa shape index (κ3) is 4.12. The second-order valence-corrected chi connectivity index (χ2v) is 7.33. The Balaban J connectivity index is 1.88. The number of nitrogens with zero attached hydrogens (tertiary/aromatic N) is 1. The van der Waals surface area contributed by atoms with E-state index in [1.165, 1.54) is 11.8 Å². The Morgan fingerprint density at radius 3 is 2.62 bits per heavy atom. The second-order valence-electron chi connectivity index (χ2n) is 7.33. The van der Waals surface area contributed by atoms with Crippen LogP contribution in [0.4, 0.5) is 5.69 Å². The van der Waals surface area contributed by atoms with Crippen molar-refractivity contribution in [3.63, 3.8) is 0 Å². The maximum atomic E-state index is 13.1. The first kappa shape index (κ1) is 20.9. The highest BCUT2D eigenvalue weighted by atomic mass is 16.5. The summed E-state index contributed by atoms with van der Waals surface area (Å²) in [6.45, 7) is 4.34. The van der Waals surface area contributed by atoms with Crippen LogP contribution in [0, 0.1) is 0 Å². The van der Waals surface area contributed by atoms with Crippen molar-refractivity contribution < 1.29 is 24.2 Å². The Bertz CT molecular complexity index is 910. The van der Waals surface area contributed by atoms with Gasteiger partial charge in [-0.1, -0.05) is 37.6 Å². The summed E-state index contributed by atoms with van der Waals surface area (Å²) in [7, 11) is 1.58. The molecule has 0 saturated carbocycles. The molecule has 0 spiro atoms. The van der Waals surface area contributed by atoms with Crippen molar-refractivity contribution in [2.45, 2.75) is 45.3 Å². The fourth-order valence-corrected chi connectivity index (χ4v) is 3.63. The van der Waals surface area contributed by atoms with Crippen LogP contribution in [-0.4, -0.2) is 30.5 Å². The summed E-state index contributed by atoms with van der Waals surface area (Å²) in [5.41, 5.74) is 0.0884. The largest absolute Gasteiger partial charge is 0.493 e. The molecule has 0 fully saturated rings. The Morgan fingerprint density at radius 1 is 1.17 bits per heavy atom. The molecule has 0 saturated heterocycles. The number of amides is 1. The normalized spacial score (nSPS) is 17.9. The molecule has 1 N–H and O–H groups in total. The minimum Gasteiger partial charge on any atom is -0.493 e. The zero-order valence-electron chi connectivity index (χ0n) is 17.1. The minimum absolute atomic E-state index is 0.243. The van der Waals surface area contributed by atoms with Gasteiger partial charge in [0.05, 0.1) is 25.9 Å². The molecule has 1 atom stereocenters. The number of Topliss-reactive ketones (excluding diaryl/α,β-unsaturated/α-hetero) is 1. The number of ether oxygens (including phenoxy) is 2.